The van der Waals surface area contributed by atoms with E-state index in [2.05, 4.69) is 9.82 Å². The van der Waals surface area contributed by atoms with Crippen molar-refractivity contribution in [1.82, 2.24) is 14.5 Å². The van der Waals surface area contributed by atoms with Gasteiger partial charge in [-0.25, -0.2) is 22.2 Å². The monoisotopic (exact) mass is 346 g/mol. The summed E-state index contributed by atoms with van der Waals surface area (Å²) in [5.74, 6) is -0.359. The van der Waals surface area contributed by atoms with Crippen LogP contribution in [0.5, 0.6) is 0 Å². The number of rotatable bonds is 5. The van der Waals surface area contributed by atoms with Gasteiger partial charge in [-0.1, -0.05) is 30.3 Å². The van der Waals surface area contributed by atoms with E-state index < -0.39 is 10.0 Å². The first-order valence-electron chi connectivity index (χ1n) is 7.10. The lowest BCUT2D eigenvalue weighted by atomic mass is 10.2. The topological polar surface area (TPSA) is 90.0 Å². The number of sulfonamides is 1. The number of benzene rings is 2. The van der Waals surface area contributed by atoms with Gasteiger partial charge in [-0.2, -0.15) is 5.10 Å². The third-order valence-corrected chi connectivity index (χ3v) is 4.86. The minimum atomic E-state index is -3.84. The average Bonchev–Trinajstić information content (AvgIpc) is 2.98. The molecule has 0 saturated carbocycles. The molecule has 3 rings (SSSR count). The molecule has 0 amide bonds. The number of nitrogens with two attached hydrogens (primary N) is 1. The number of hydrogen-bond acceptors (Lipinski definition) is 4. The molecule has 0 unspecified atom stereocenters. The first-order valence-corrected chi connectivity index (χ1v) is 8.59. The number of anilines is 1. The lowest BCUT2D eigenvalue weighted by Crippen LogP contribution is -2.24. The van der Waals surface area contributed by atoms with Gasteiger partial charge in [0.15, 0.2) is 0 Å². The quantitative estimate of drug-likeness (QED) is 0.740. The molecular weight excluding hydrogens is 331 g/mol. The van der Waals surface area contributed by atoms with Crippen molar-refractivity contribution >= 4 is 15.8 Å². The zero-order valence-electron chi connectivity index (χ0n) is 12.6. The Bertz CT molecular complexity index is 938. The van der Waals surface area contributed by atoms with Gasteiger partial charge in [0.05, 0.1) is 11.9 Å². The summed E-state index contributed by atoms with van der Waals surface area (Å²) < 4.78 is 41.5. The highest BCUT2D eigenvalue weighted by molar-refractivity contribution is 7.89. The molecule has 6 nitrogen and oxygen atoms in total. The van der Waals surface area contributed by atoms with Crippen LogP contribution in [0.25, 0.3) is 5.69 Å². The van der Waals surface area contributed by atoms with Gasteiger partial charge in [-0.3, -0.25) is 0 Å². The zero-order valence-corrected chi connectivity index (χ0v) is 13.4. The normalized spacial score (nSPS) is 11.5. The minimum absolute atomic E-state index is 0.0211. The van der Waals surface area contributed by atoms with E-state index in [1.807, 2.05) is 6.07 Å². The van der Waals surface area contributed by atoms with Gasteiger partial charge in [-0.05, 0) is 29.8 Å². The van der Waals surface area contributed by atoms with Crippen LogP contribution in [-0.2, 0) is 16.6 Å². The van der Waals surface area contributed by atoms with Crippen LogP contribution < -0.4 is 10.5 Å². The van der Waals surface area contributed by atoms with E-state index >= 15 is 0 Å². The minimum Gasteiger partial charge on any atom is -0.382 e. The molecule has 8 heteroatoms. The number of aromatic nitrogens is 2. The predicted octanol–water partition coefficient (Wildman–Crippen LogP) is 2.07. The van der Waals surface area contributed by atoms with Crippen LogP contribution >= 0.6 is 0 Å². The fourth-order valence-corrected chi connectivity index (χ4v) is 3.24. The molecule has 0 aliphatic carbocycles. The number of nitrogen functional groups attached to an aromatic ring is 1. The highest BCUT2D eigenvalue weighted by Gasteiger charge is 2.22. The molecule has 0 bridgehead atoms. The van der Waals surface area contributed by atoms with Gasteiger partial charge in [-0.15, -0.1) is 0 Å². The summed E-state index contributed by atoms with van der Waals surface area (Å²) in [5.41, 5.74) is 7.24. The Hall–Kier alpha value is -2.71. The van der Waals surface area contributed by atoms with Crippen molar-refractivity contribution in [1.29, 1.82) is 0 Å². The molecule has 24 heavy (non-hydrogen) atoms. The van der Waals surface area contributed by atoms with Crippen LogP contribution in [0.2, 0.25) is 0 Å². The molecule has 3 N–H and O–H groups in total. The standard InChI is InChI=1S/C16H15FN4O2S/c17-13-8-6-12(7-9-13)10-20-24(22,23)15-11-19-21(16(15)18)14-4-2-1-3-5-14/h1-9,11,20H,10,18H2. The van der Waals surface area contributed by atoms with Crippen molar-refractivity contribution in [2.45, 2.75) is 11.4 Å². The van der Waals surface area contributed by atoms with Crippen molar-refractivity contribution in [3.8, 4) is 5.69 Å². The lowest BCUT2D eigenvalue weighted by molar-refractivity contribution is 0.581. The predicted molar refractivity (Wildman–Crippen MR) is 88.4 cm³/mol. The highest BCUT2D eigenvalue weighted by atomic mass is 32.2. The van der Waals surface area contributed by atoms with Crippen LogP contribution in [0, 0.1) is 5.82 Å². The number of nitrogens with zero attached hydrogens (tertiary/aromatic N) is 2. The van der Waals surface area contributed by atoms with E-state index in [0.29, 0.717) is 11.3 Å². The van der Waals surface area contributed by atoms with Crippen molar-refractivity contribution < 1.29 is 12.8 Å². The third-order valence-electron chi connectivity index (χ3n) is 3.44. The Morgan fingerprint density at radius 3 is 2.42 bits per heavy atom. The van der Waals surface area contributed by atoms with E-state index in [9.17, 15) is 12.8 Å². The summed E-state index contributed by atoms with van der Waals surface area (Å²) in [7, 11) is -3.84. The molecule has 0 atom stereocenters. The molecule has 0 fully saturated rings. The molecule has 0 spiro atoms. The second-order valence-corrected chi connectivity index (χ2v) is 6.83. The second-order valence-electron chi connectivity index (χ2n) is 5.09. The zero-order chi connectivity index (χ0) is 17.2. The van der Waals surface area contributed by atoms with E-state index in [1.54, 1.807) is 24.3 Å². The van der Waals surface area contributed by atoms with Crippen LogP contribution in [0.1, 0.15) is 5.56 Å². The molecule has 0 aliphatic heterocycles. The van der Waals surface area contributed by atoms with Gasteiger partial charge in [0.2, 0.25) is 10.0 Å². The molecule has 0 saturated heterocycles. The summed E-state index contributed by atoms with van der Waals surface area (Å²) >= 11 is 0. The SMILES string of the molecule is Nc1c(S(=O)(=O)NCc2ccc(F)cc2)cnn1-c1ccccc1. The first kappa shape index (κ1) is 16.2. The molecule has 2 aromatic carbocycles. The number of nitrogens with one attached hydrogen (secondary N) is 1. The summed E-state index contributed by atoms with van der Waals surface area (Å²) in [5, 5.41) is 4.04. The summed E-state index contributed by atoms with van der Waals surface area (Å²) in [6.07, 6.45) is 1.20. The molecule has 0 radical (unpaired) electrons. The van der Waals surface area contributed by atoms with Crippen molar-refractivity contribution in [3.05, 3.63) is 72.2 Å². The molecule has 1 heterocycles. The largest absolute Gasteiger partial charge is 0.382 e. The summed E-state index contributed by atoms with van der Waals surface area (Å²) in [6, 6.07) is 14.5. The van der Waals surface area contributed by atoms with Crippen LogP contribution in [-0.4, -0.2) is 18.2 Å². The summed E-state index contributed by atoms with van der Waals surface area (Å²) in [4.78, 5) is -0.103. The van der Waals surface area contributed by atoms with E-state index in [-0.39, 0.29) is 23.1 Å². The van der Waals surface area contributed by atoms with Crippen molar-refractivity contribution in [3.63, 3.8) is 0 Å². The maximum atomic E-state index is 12.9. The van der Waals surface area contributed by atoms with Gasteiger partial charge >= 0.3 is 0 Å². The number of halogens is 1. The highest BCUT2D eigenvalue weighted by Crippen LogP contribution is 2.21. The Kier molecular flexibility index (Phi) is 4.32. The second kappa shape index (κ2) is 6.42. The lowest BCUT2D eigenvalue weighted by Gasteiger charge is -2.07. The Morgan fingerprint density at radius 1 is 1.08 bits per heavy atom. The van der Waals surface area contributed by atoms with Gasteiger partial charge < -0.3 is 5.73 Å². The van der Waals surface area contributed by atoms with E-state index in [4.69, 9.17) is 5.73 Å². The average molecular weight is 346 g/mol. The van der Waals surface area contributed by atoms with Crippen molar-refractivity contribution in [2.24, 2.45) is 0 Å². The molecule has 124 valence electrons. The van der Waals surface area contributed by atoms with Crippen LogP contribution in [0.4, 0.5) is 10.2 Å². The fourth-order valence-electron chi connectivity index (χ4n) is 2.18. The molecule has 3 aromatic rings. The molecular formula is C16H15FN4O2S. The Morgan fingerprint density at radius 2 is 1.75 bits per heavy atom. The number of para-hydroxylation sites is 1. The van der Waals surface area contributed by atoms with Gasteiger partial charge in [0.25, 0.3) is 0 Å². The van der Waals surface area contributed by atoms with Crippen LogP contribution in [0.3, 0.4) is 0 Å². The van der Waals surface area contributed by atoms with Crippen LogP contribution in [0.15, 0.2) is 65.7 Å². The van der Waals surface area contributed by atoms with Crippen molar-refractivity contribution in [2.75, 3.05) is 5.73 Å². The Labute approximate surface area is 138 Å². The van der Waals surface area contributed by atoms with Gasteiger partial charge in [0, 0.05) is 6.54 Å². The first-order chi connectivity index (χ1) is 11.5. The third kappa shape index (κ3) is 3.29. The fraction of sp³-hybridized carbons (Fsp3) is 0.0625. The van der Waals surface area contributed by atoms with E-state index in [1.165, 1.54) is 35.1 Å². The maximum absolute atomic E-state index is 12.9. The smallest absolute Gasteiger partial charge is 0.246 e. The van der Waals surface area contributed by atoms with Gasteiger partial charge in [0.1, 0.15) is 16.5 Å². The number of hydrogen-bond donors (Lipinski definition) is 2. The Balaban J connectivity index is 1.83. The van der Waals surface area contributed by atoms with E-state index in [0.717, 1.165) is 0 Å². The molecule has 1 aromatic heterocycles. The maximum Gasteiger partial charge on any atom is 0.246 e. The molecule has 0 aliphatic rings. The summed E-state index contributed by atoms with van der Waals surface area (Å²) in [6.45, 7) is 0.0264.